The second-order valence-electron chi connectivity index (χ2n) is 8.71. The maximum Gasteiger partial charge on any atom is 0.194 e. The lowest BCUT2D eigenvalue weighted by molar-refractivity contribution is 0.0116. The number of benzene rings is 2. The Bertz CT molecular complexity index is 858. The van der Waals surface area contributed by atoms with E-state index >= 15 is 0 Å². The predicted molar refractivity (Wildman–Crippen MR) is 119 cm³/mol. The summed E-state index contributed by atoms with van der Waals surface area (Å²) in [6, 6.07) is 12.7. The molecule has 0 heterocycles. The van der Waals surface area contributed by atoms with Crippen molar-refractivity contribution in [1.82, 2.24) is 0 Å². The van der Waals surface area contributed by atoms with Crippen LogP contribution < -0.4 is 0 Å². The van der Waals surface area contributed by atoms with Crippen LogP contribution in [0.5, 0.6) is 11.5 Å². The van der Waals surface area contributed by atoms with Gasteiger partial charge in [0.2, 0.25) is 0 Å². The third kappa shape index (κ3) is 6.17. The van der Waals surface area contributed by atoms with Crippen molar-refractivity contribution in [3.05, 3.63) is 59.7 Å². The molecule has 2 aromatic carbocycles. The van der Waals surface area contributed by atoms with Crippen molar-refractivity contribution in [2.24, 2.45) is 5.92 Å². The van der Waals surface area contributed by atoms with E-state index in [1.54, 1.807) is 36.4 Å². The summed E-state index contributed by atoms with van der Waals surface area (Å²) in [5.74, 6) is 0.590. The first kappa shape index (κ1) is 23.0. The lowest BCUT2D eigenvalue weighted by Gasteiger charge is -2.30. The molecule has 2 aliphatic rings. The van der Waals surface area contributed by atoms with Crippen LogP contribution in [0.1, 0.15) is 84.9 Å². The second-order valence-corrected chi connectivity index (χ2v) is 8.71. The Labute approximate surface area is 183 Å². The fourth-order valence-corrected chi connectivity index (χ4v) is 4.47. The zero-order valence-corrected chi connectivity index (χ0v) is 17.9. The Morgan fingerprint density at radius 1 is 0.677 bits per heavy atom. The number of hydrogen-bond donors (Lipinski definition) is 3. The summed E-state index contributed by atoms with van der Waals surface area (Å²) >= 11 is 0. The smallest absolute Gasteiger partial charge is 0.194 e. The number of carbonyl (C=O) groups is 2. The van der Waals surface area contributed by atoms with Gasteiger partial charge >= 0.3 is 0 Å². The molecule has 5 heteroatoms. The van der Waals surface area contributed by atoms with Crippen molar-refractivity contribution < 1.29 is 24.9 Å². The lowest BCUT2D eigenvalue weighted by atomic mass is 9.79. The molecule has 5 nitrogen and oxygen atoms in total. The molecule has 2 aromatic rings. The zero-order valence-electron chi connectivity index (χ0n) is 17.9. The van der Waals surface area contributed by atoms with Crippen LogP contribution in [0.4, 0.5) is 0 Å². The highest BCUT2D eigenvalue weighted by Crippen LogP contribution is 2.31. The maximum atomic E-state index is 12.1. The maximum absolute atomic E-state index is 12.1. The predicted octanol–water partition coefficient (Wildman–Crippen LogP) is 5.43. The number of Topliss-reactive ketones (excluding diaryl/α,β-unsaturated/α-hetero) is 2. The summed E-state index contributed by atoms with van der Waals surface area (Å²) in [4.78, 5) is 24.1. The first-order valence-corrected chi connectivity index (χ1v) is 11.3. The topological polar surface area (TPSA) is 94.8 Å². The molecule has 2 aliphatic carbocycles. The number of phenols is 2. The van der Waals surface area contributed by atoms with Crippen molar-refractivity contribution in [2.75, 3.05) is 0 Å². The van der Waals surface area contributed by atoms with Crippen molar-refractivity contribution in [1.29, 1.82) is 0 Å². The first-order chi connectivity index (χ1) is 14.9. The summed E-state index contributed by atoms with van der Waals surface area (Å²) in [6.07, 6.45) is 9.66. The second kappa shape index (κ2) is 10.6. The molecule has 0 spiro atoms. The summed E-state index contributed by atoms with van der Waals surface area (Å²) in [5, 5.41) is 28.5. The quantitative estimate of drug-likeness (QED) is 0.569. The van der Waals surface area contributed by atoms with Gasteiger partial charge in [-0.2, -0.15) is 0 Å². The SMILES string of the molecule is O=C(c1ccc(O)cc1)C1(O)CCCCC1.O=C(c1ccc(O)cc1)C1CCCCC1. The Balaban J connectivity index is 0.000000176. The average molecular weight is 425 g/mol. The molecular weight excluding hydrogens is 392 g/mol. The molecule has 0 radical (unpaired) electrons. The first-order valence-electron chi connectivity index (χ1n) is 11.3. The summed E-state index contributed by atoms with van der Waals surface area (Å²) in [5.41, 5.74) is 0.0248. The molecule has 0 saturated heterocycles. The van der Waals surface area contributed by atoms with E-state index in [2.05, 4.69) is 0 Å². The average Bonchev–Trinajstić information content (AvgIpc) is 2.81. The highest BCUT2D eigenvalue weighted by atomic mass is 16.3. The van der Waals surface area contributed by atoms with Crippen LogP contribution in [0.2, 0.25) is 0 Å². The van der Waals surface area contributed by atoms with Gasteiger partial charge in [0.25, 0.3) is 0 Å². The van der Waals surface area contributed by atoms with Gasteiger partial charge in [-0.25, -0.2) is 0 Å². The molecule has 2 fully saturated rings. The van der Waals surface area contributed by atoms with Crippen molar-refractivity contribution in [3.63, 3.8) is 0 Å². The Morgan fingerprint density at radius 3 is 1.65 bits per heavy atom. The fourth-order valence-electron chi connectivity index (χ4n) is 4.47. The molecular formula is C26H32O5. The Kier molecular flexibility index (Phi) is 7.85. The van der Waals surface area contributed by atoms with Crippen LogP contribution in [0.15, 0.2) is 48.5 Å². The molecule has 0 bridgehead atoms. The molecule has 166 valence electrons. The fraction of sp³-hybridized carbons (Fsp3) is 0.462. The summed E-state index contributed by atoms with van der Waals surface area (Å²) in [7, 11) is 0. The Morgan fingerprint density at radius 2 is 1.13 bits per heavy atom. The van der Waals surface area contributed by atoms with Gasteiger partial charge in [0, 0.05) is 17.0 Å². The number of rotatable bonds is 4. The minimum Gasteiger partial charge on any atom is -0.508 e. The number of hydrogen-bond acceptors (Lipinski definition) is 5. The van der Waals surface area contributed by atoms with Crippen LogP contribution in [0.3, 0.4) is 0 Å². The van der Waals surface area contributed by atoms with Gasteiger partial charge in [0.1, 0.15) is 17.1 Å². The Hall–Kier alpha value is -2.66. The van der Waals surface area contributed by atoms with Gasteiger partial charge in [-0.3, -0.25) is 9.59 Å². The van der Waals surface area contributed by atoms with Gasteiger partial charge in [-0.05, 0) is 74.2 Å². The van der Waals surface area contributed by atoms with E-state index in [1.165, 1.54) is 31.4 Å². The number of phenolic OH excluding ortho intramolecular Hbond substituents is 2. The minimum atomic E-state index is -1.19. The van der Waals surface area contributed by atoms with Gasteiger partial charge in [0.05, 0.1) is 0 Å². The van der Waals surface area contributed by atoms with Crippen LogP contribution in [0.25, 0.3) is 0 Å². The van der Waals surface area contributed by atoms with Gasteiger partial charge < -0.3 is 15.3 Å². The number of aromatic hydroxyl groups is 2. The largest absolute Gasteiger partial charge is 0.508 e. The van der Waals surface area contributed by atoms with Gasteiger partial charge in [-0.1, -0.05) is 38.5 Å². The van der Waals surface area contributed by atoms with Crippen LogP contribution in [-0.2, 0) is 0 Å². The van der Waals surface area contributed by atoms with E-state index < -0.39 is 5.60 Å². The van der Waals surface area contributed by atoms with E-state index in [4.69, 9.17) is 10.2 Å². The molecule has 3 N–H and O–H groups in total. The number of aliphatic hydroxyl groups is 1. The molecule has 4 rings (SSSR count). The van der Waals surface area contributed by atoms with Gasteiger partial charge in [0.15, 0.2) is 11.6 Å². The highest BCUT2D eigenvalue weighted by Gasteiger charge is 2.37. The highest BCUT2D eigenvalue weighted by molar-refractivity contribution is 6.02. The molecule has 0 aliphatic heterocycles. The van der Waals surface area contributed by atoms with E-state index in [0.717, 1.165) is 37.7 Å². The number of carbonyl (C=O) groups excluding carboxylic acids is 2. The van der Waals surface area contributed by atoms with E-state index in [-0.39, 0.29) is 29.0 Å². The van der Waals surface area contributed by atoms with Crippen molar-refractivity contribution in [2.45, 2.75) is 69.8 Å². The number of ketones is 2. The van der Waals surface area contributed by atoms with E-state index in [1.807, 2.05) is 0 Å². The third-order valence-electron chi connectivity index (χ3n) is 6.36. The molecule has 0 aromatic heterocycles. The monoisotopic (exact) mass is 424 g/mol. The zero-order chi connectivity index (χ0) is 22.3. The molecule has 0 unspecified atom stereocenters. The van der Waals surface area contributed by atoms with Crippen molar-refractivity contribution >= 4 is 11.6 Å². The van der Waals surface area contributed by atoms with Crippen LogP contribution >= 0.6 is 0 Å². The normalized spacial score (nSPS) is 18.5. The van der Waals surface area contributed by atoms with E-state index in [0.29, 0.717) is 18.4 Å². The molecule has 2 saturated carbocycles. The third-order valence-corrected chi connectivity index (χ3v) is 6.36. The summed E-state index contributed by atoms with van der Waals surface area (Å²) < 4.78 is 0. The lowest BCUT2D eigenvalue weighted by Crippen LogP contribution is -2.40. The molecule has 0 amide bonds. The van der Waals surface area contributed by atoms with Crippen molar-refractivity contribution in [3.8, 4) is 11.5 Å². The van der Waals surface area contributed by atoms with Gasteiger partial charge in [-0.15, -0.1) is 0 Å². The summed E-state index contributed by atoms with van der Waals surface area (Å²) in [6.45, 7) is 0. The molecule has 0 atom stereocenters. The van der Waals surface area contributed by atoms with Crippen LogP contribution in [-0.4, -0.2) is 32.5 Å². The minimum absolute atomic E-state index is 0.132. The standard InChI is InChI=1S/C13H16O3.C13H16O2/c14-11-6-4-10(5-7-11)12(15)13(16)8-2-1-3-9-13;14-12-8-6-11(7-9-12)13(15)10-4-2-1-3-5-10/h4-7,14,16H,1-3,8-9H2;6-10,14H,1-5H2. The molecule has 31 heavy (non-hydrogen) atoms. The van der Waals surface area contributed by atoms with E-state index in [9.17, 15) is 14.7 Å². The van der Waals surface area contributed by atoms with Crippen LogP contribution in [0, 0.1) is 5.92 Å².